The Kier molecular flexibility index (Phi) is 4.49. The molecule has 1 unspecified atom stereocenters. The molecule has 0 saturated heterocycles. The molecule has 22 heavy (non-hydrogen) atoms. The number of pyridine rings is 1. The molecule has 6 heteroatoms. The van der Waals surface area contributed by atoms with E-state index in [2.05, 4.69) is 15.4 Å². The third kappa shape index (κ3) is 3.10. The summed E-state index contributed by atoms with van der Waals surface area (Å²) in [5.41, 5.74) is 3.74. The van der Waals surface area contributed by atoms with E-state index >= 15 is 0 Å². The number of aromatic nitrogens is 3. The van der Waals surface area contributed by atoms with Crippen molar-refractivity contribution in [2.24, 2.45) is 0 Å². The lowest BCUT2D eigenvalue weighted by molar-refractivity contribution is 0.0939. The Morgan fingerprint density at radius 2 is 2.05 bits per heavy atom. The lowest BCUT2D eigenvalue weighted by Gasteiger charge is -2.15. The van der Waals surface area contributed by atoms with Crippen molar-refractivity contribution >= 4 is 5.91 Å². The van der Waals surface area contributed by atoms with Crippen LogP contribution in [0.1, 0.15) is 52.9 Å². The van der Waals surface area contributed by atoms with E-state index in [9.17, 15) is 9.59 Å². The molecule has 0 aliphatic carbocycles. The Morgan fingerprint density at radius 1 is 1.36 bits per heavy atom. The molecule has 2 aromatic rings. The smallest absolute Gasteiger partial charge is 0.252 e. The number of aromatic amines is 1. The summed E-state index contributed by atoms with van der Waals surface area (Å²) in [6, 6.07) is 2.80. The van der Waals surface area contributed by atoms with Crippen LogP contribution in [0, 0.1) is 20.8 Å². The van der Waals surface area contributed by atoms with Gasteiger partial charge in [-0.15, -0.1) is 0 Å². The van der Waals surface area contributed by atoms with Crippen molar-refractivity contribution in [1.82, 2.24) is 20.1 Å². The number of nitrogens with one attached hydrogen (secondary N) is 2. The van der Waals surface area contributed by atoms with Crippen LogP contribution in [0.5, 0.6) is 0 Å². The molecule has 118 valence electrons. The molecule has 1 atom stereocenters. The highest BCUT2D eigenvalue weighted by molar-refractivity contribution is 5.94. The summed E-state index contributed by atoms with van der Waals surface area (Å²) in [6.07, 6.45) is 0. The van der Waals surface area contributed by atoms with E-state index in [1.807, 2.05) is 32.4 Å². The number of H-pyrrole nitrogens is 1. The highest BCUT2D eigenvalue weighted by Gasteiger charge is 2.19. The number of carbonyl (C=O) groups is 1. The Morgan fingerprint density at radius 3 is 2.59 bits per heavy atom. The van der Waals surface area contributed by atoms with E-state index in [-0.39, 0.29) is 17.5 Å². The molecule has 0 saturated carbocycles. The molecule has 0 aromatic carbocycles. The van der Waals surface area contributed by atoms with E-state index in [0.29, 0.717) is 11.3 Å². The monoisotopic (exact) mass is 302 g/mol. The Labute approximate surface area is 129 Å². The average molecular weight is 302 g/mol. The van der Waals surface area contributed by atoms with Gasteiger partial charge >= 0.3 is 0 Å². The second kappa shape index (κ2) is 6.17. The van der Waals surface area contributed by atoms with Crippen LogP contribution < -0.4 is 10.9 Å². The summed E-state index contributed by atoms with van der Waals surface area (Å²) in [5.74, 6) is -0.259. The summed E-state index contributed by atoms with van der Waals surface area (Å²) in [6.45, 7) is 10.4. The molecule has 0 spiro atoms. The molecular formula is C16H22N4O2. The number of nitrogens with zero attached hydrogens (tertiary/aromatic N) is 2. The van der Waals surface area contributed by atoms with Gasteiger partial charge in [0.25, 0.3) is 5.91 Å². The predicted octanol–water partition coefficient (Wildman–Crippen LogP) is 2.01. The number of rotatable bonds is 4. The van der Waals surface area contributed by atoms with Crippen LogP contribution in [-0.2, 0) is 6.54 Å². The van der Waals surface area contributed by atoms with Crippen molar-refractivity contribution in [1.29, 1.82) is 0 Å². The van der Waals surface area contributed by atoms with Crippen LogP contribution in [-0.4, -0.2) is 20.7 Å². The summed E-state index contributed by atoms with van der Waals surface area (Å²) in [7, 11) is 0. The average Bonchev–Trinajstić information content (AvgIpc) is 2.72. The van der Waals surface area contributed by atoms with Crippen molar-refractivity contribution < 1.29 is 4.79 Å². The van der Waals surface area contributed by atoms with Crippen molar-refractivity contribution in [2.45, 2.75) is 47.2 Å². The molecule has 1 amide bonds. The van der Waals surface area contributed by atoms with Crippen LogP contribution in [0.15, 0.2) is 16.9 Å². The van der Waals surface area contributed by atoms with Gasteiger partial charge in [0.2, 0.25) is 5.56 Å². The van der Waals surface area contributed by atoms with Gasteiger partial charge in [0.15, 0.2) is 0 Å². The first kappa shape index (κ1) is 16.0. The van der Waals surface area contributed by atoms with Gasteiger partial charge in [-0.05, 0) is 40.7 Å². The molecule has 0 fully saturated rings. The van der Waals surface area contributed by atoms with E-state index in [0.717, 1.165) is 23.5 Å². The van der Waals surface area contributed by atoms with E-state index < -0.39 is 0 Å². The quantitative estimate of drug-likeness (QED) is 0.906. The van der Waals surface area contributed by atoms with E-state index in [1.165, 1.54) is 6.07 Å². The first-order valence-corrected chi connectivity index (χ1v) is 7.39. The number of aryl methyl sites for hydroxylation is 3. The van der Waals surface area contributed by atoms with Gasteiger partial charge in [-0.3, -0.25) is 14.3 Å². The van der Waals surface area contributed by atoms with Crippen LogP contribution in [0.4, 0.5) is 0 Å². The van der Waals surface area contributed by atoms with Gasteiger partial charge in [-0.1, -0.05) is 0 Å². The van der Waals surface area contributed by atoms with Gasteiger partial charge in [-0.2, -0.15) is 5.10 Å². The Hall–Kier alpha value is -2.37. The summed E-state index contributed by atoms with van der Waals surface area (Å²) in [4.78, 5) is 26.4. The Bertz CT molecular complexity index is 758. The lowest BCUT2D eigenvalue weighted by atomic mass is 10.1. The molecule has 2 aromatic heterocycles. The van der Waals surface area contributed by atoms with E-state index in [4.69, 9.17) is 0 Å². The minimum Gasteiger partial charge on any atom is -0.345 e. The zero-order valence-electron chi connectivity index (χ0n) is 13.7. The zero-order valence-corrected chi connectivity index (χ0v) is 13.7. The van der Waals surface area contributed by atoms with E-state index in [1.54, 1.807) is 13.0 Å². The minimum atomic E-state index is -0.274. The Balaban J connectivity index is 2.25. The third-order valence-corrected chi connectivity index (χ3v) is 3.76. The number of hydrogen-bond acceptors (Lipinski definition) is 3. The molecule has 0 aliphatic heterocycles. The van der Waals surface area contributed by atoms with Crippen molar-refractivity contribution in [3.8, 4) is 0 Å². The van der Waals surface area contributed by atoms with Gasteiger partial charge < -0.3 is 10.3 Å². The highest BCUT2D eigenvalue weighted by atomic mass is 16.2. The molecule has 2 heterocycles. The first-order valence-electron chi connectivity index (χ1n) is 7.39. The van der Waals surface area contributed by atoms with Crippen molar-refractivity contribution in [3.05, 3.63) is 50.7 Å². The SMILES string of the molecule is CCn1nc(C)c(C(C)NC(=O)c2cc(C)[nH]c(=O)c2)c1C. The fourth-order valence-electron chi connectivity index (χ4n) is 2.81. The maximum Gasteiger partial charge on any atom is 0.252 e. The molecule has 0 radical (unpaired) electrons. The fourth-order valence-corrected chi connectivity index (χ4v) is 2.81. The van der Waals surface area contributed by atoms with Crippen LogP contribution in [0.25, 0.3) is 0 Å². The second-order valence-electron chi connectivity index (χ2n) is 5.51. The molecule has 2 rings (SSSR count). The van der Waals surface area contributed by atoms with Crippen molar-refractivity contribution in [2.75, 3.05) is 0 Å². The highest BCUT2D eigenvalue weighted by Crippen LogP contribution is 2.21. The lowest BCUT2D eigenvalue weighted by Crippen LogP contribution is -2.28. The topological polar surface area (TPSA) is 79.8 Å². The zero-order chi connectivity index (χ0) is 16.4. The largest absolute Gasteiger partial charge is 0.345 e. The maximum absolute atomic E-state index is 12.3. The molecule has 0 bridgehead atoms. The number of amides is 1. The normalized spacial score (nSPS) is 12.2. The van der Waals surface area contributed by atoms with Gasteiger partial charge in [0.1, 0.15) is 0 Å². The predicted molar refractivity (Wildman–Crippen MR) is 85.1 cm³/mol. The van der Waals surface area contributed by atoms with Crippen LogP contribution in [0.2, 0.25) is 0 Å². The van der Waals surface area contributed by atoms with Crippen molar-refractivity contribution in [3.63, 3.8) is 0 Å². The summed E-state index contributed by atoms with van der Waals surface area (Å²) in [5, 5.41) is 7.41. The van der Waals surface area contributed by atoms with Gasteiger partial charge in [-0.25, -0.2) is 0 Å². The second-order valence-corrected chi connectivity index (χ2v) is 5.51. The number of carbonyl (C=O) groups excluding carboxylic acids is 1. The summed E-state index contributed by atoms with van der Waals surface area (Å²) >= 11 is 0. The van der Waals surface area contributed by atoms with Crippen LogP contribution in [0.3, 0.4) is 0 Å². The molecular weight excluding hydrogens is 280 g/mol. The standard InChI is InChI=1S/C16H22N4O2/c1-6-20-12(5)15(11(4)19-20)10(3)18-16(22)13-7-9(2)17-14(21)8-13/h7-8,10H,6H2,1-5H3,(H,17,21)(H,18,22). The van der Waals surface area contributed by atoms with Gasteiger partial charge in [0, 0.05) is 35.1 Å². The number of hydrogen-bond donors (Lipinski definition) is 2. The van der Waals surface area contributed by atoms with Gasteiger partial charge in [0.05, 0.1) is 11.7 Å². The third-order valence-electron chi connectivity index (χ3n) is 3.76. The first-order chi connectivity index (χ1) is 10.3. The summed E-state index contributed by atoms with van der Waals surface area (Å²) < 4.78 is 1.92. The fraction of sp³-hybridized carbons (Fsp3) is 0.438. The molecule has 2 N–H and O–H groups in total. The molecule has 6 nitrogen and oxygen atoms in total. The molecule has 0 aliphatic rings. The maximum atomic E-state index is 12.3. The van der Waals surface area contributed by atoms with Crippen LogP contribution >= 0.6 is 0 Å². The minimum absolute atomic E-state index is 0.174.